The number of aliphatic hydroxyl groups is 1. The zero-order valence-electron chi connectivity index (χ0n) is 12.6. The molecule has 0 spiro atoms. The minimum atomic E-state index is -0.567. The fraction of sp³-hybridized carbons (Fsp3) is 1.00. The number of likely N-dealkylation sites (N-methyl/N-ethyl adjacent to an activating group) is 1. The summed E-state index contributed by atoms with van der Waals surface area (Å²) in [6.07, 6.45) is 9.26. The van der Waals surface area contributed by atoms with E-state index in [4.69, 9.17) is 0 Å². The zero-order chi connectivity index (χ0) is 13.9. The molecule has 0 aromatic heterocycles. The molecule has 0 aliphatic heterocycles. The first kappa shape index (κ1) is 18.3. The van der Waals surface area contributed by atoms with Crippen molar-refractivity contribution >= 4 is 12.6 Å². The molecule has 3 heteroatoms. The molecule has 0 aliphatic carbocycles. The molecule has 0 heterocycles. The fourth-order valence-corrected chi connectivity index (χ4v) is 2.45. The first-order valence-electron chi connectivity index (χ1n) is 7.55. The molecule has 0 aliphatic rings. The molecule has 0 amide bonds. The standard InChI is InChI=1S/C15H33NOS/c1-4-16(14-15(2,3)17)12-10-8-6-5-7-9-11-13-18/h17-18H,4-14H2,1-3H3. The second kappa shape index (κ2) is 11.1. The van der Waals surface area contributed by atoms with Crippen molar-refractivity contribution in [3.63, 3.8) is 0 Å². The van der Waals surface area contributed by atoms with Crippen LogP contribution in [0.25, 0.3) is 0 Å². The maximum Gasteiger partial charge on any atom is 0.0718 e. The van der Waals surface area contributed by atoms with E-state index < -0.39 is 5.60 Å². The minimum absolute atomic E-state index is 0.567. The third-order valence-electron chi connectivity index (χ3n) is 3.19. The highest BCUT2D eigenvalue weighted by Crippen LogP contribution is 2.10. The second-order valence-electron chi connectivity index (χ2n) is 5.88. The van der Waals surface area contributed by atoms with Crippen LogP contribution in [0.15, 0.2) is 0 Å². The van der Waals surface area contributed by atoms with Gasteiger partial charge in [0, 0.05) is 6.54 Å². The molecular formula is C15H33NOS. The smallest absolute Gasteiger partial charge is 0.0718 e. The molecule has 2 nitrogen and oxygen atoms in total. The van der Waals surface area contributed by atoms with E-state index in [-0.39, 0.29) is 0 Å². The average Bonchev–Trinajstić information content (AvgIpc) is 2.29. The predicted octanol–water partition coefficient (Wildman–Crippen LogP) is 3.74. The Morgan fingerprint density at radius 3 is 1.89 bits per heavy atom. The minimum Gasteiger partial charge on any atom is -0.389 e. The molecule has 0 bridgehead atoms. The Hall–Kier alpha value is 0.270. The topological polar surface area (TPSA) is 23.5 Å². The van der Waals surface area contributed by atoms with Crippen molar-refractivity contribution in [3.8, 4) is 0 Å². The van der Waals surface area contributed by atoms with E-state index in [0.29, 0.717) is 0 Å². The Labute approximate surface area is 120 Å². The van der Waals surface area contributed by atoms with Crippen molar-refractivity contribution < 1.29 is 5.11 Å². The fourth-order valence-electron chi connectivity index (χ4n) is 2.23. The van der Waals surface area contributed by atoms with Gasteiger partial charge in [0.05, 0.1) is 5.60 Å². The summed E-state index contributed by atoms with van der Waals surface area (Å²) in [5, 5.41) is 9.79. The van der Waals surface area contributed by atoms with Crippen LogP contribution in [-0.2, 0) is 0 Å². The van der Waals surface area contributed by atoms with Crippen molar-refractivity contribution in [1.82, 2.24) is 4.90 Å². The van der Waals surface area contributed by atoms with Gasteiger partial charge in [0.1, 0.15) is 0 Å². The van der Waals surface area contributed by atoms with Crippen LogP contribution in [0.4, 0.5) is 0 Å². The average molecular weight is 276 g/mol. The summed E-state index contributed by atoms with van der Waals surface area (Å²) in [6.45, 7) is 8.88. The number of thiol groups is 1. The first-order valence-corrected chi connectivity index (χ1v) is 8.18. The van der Waals surface area contributed by atoms with Crippen molar-refractivity contribution in [2.75, 3.05) is 25.4 Å². The van der Waals surface area contributed by atoms with Crippen LogP contribution in [0.3, 0.4) is 0 Å². The van der Waals surface area contributed by atoms with Gasteiger partial charge in [-0.1, -0.05) is 39.0 Å². The van der Waals surface area contributed by atoms with Gasteiger partial charge in [0.25, 0.3) is 0 Å². The molecule has 110 valence electrons. The van der Waals surface area contributed by atoms with Gasteiger partial charge in [-0.3, -0.25) is 0 Å². The Kier molecular flexibility index (Phi) is 11.3. The van der Waals surface area contributed by atoms with E-state index in [1.165, 1.54) is 44.9 Å². The molecule has 0 unspecified atom stereocenters. The van der Waals surface area contributed by atoms with Gasteiger partial charge in [-0.05, 0) is 45.5 Å². The van der Waals surface area contributed by atoms with E-state index in [9.17, 15) is 5.11 Å². The summed E-state index contributed by atoms with van der Waals surface area (Å²) in [5.74, 6) is 1.03. The molecular weight excluding hydrogens is 242 g/mol. The summed E-state index contributed by atoms with van der Waals surface area (Å²) >= 11 is 4.22. The number of hydrogen-bond donors (Lipinski definition) is 2. The van der Waals surface area contributed by atoms with Crippen LogP contribution in [0.2, 0.25) is 0 Å². The van der Waals surface area contributed by atoms with Crippen LogP contribution in [-0.4, -0.2) is 41.0 Å². The van der Waals surface area contributed by atoms with Gasteiger partial charge in [0.2, 0.25) is 0 Å². The van der Waals surface area contributed by atoms with Crippen LogP contribution in [0, 0.1) is 0 Å². The molecule has 0 rings (SSSR count). The quantitative estimate of drug-likeness (QED) is 0.419. The molecule has 0 saturated heterocycles. The monoisotopic (exact) mass is 275 g/mol. The largest absolute Gasteiger partial charge is 0.389 e. The van der Waals surface area contributed by atoms with Crippen LogP contribution >= 0.6 is 12.6 Å². The van der Waals surface area contributed by atoms with E-state index >= 15 is 0 Å². The van der Waals surface area contributed by atoms with Crippen LogP contribution < -0.4 is 0 Å². The SMILES string of the molecule is CCN(CCCCCCCCCS)CC(C)(C)O. The van der Waals surface area contributed by atoms with Crippen molar-refractivity contribution in [3.05, 3.63) is 0 Å². The van der Waals surface area contributed by atoms with Gasteiger partial charge >= 0.3 is 0 Å². The number of hydrogen-bond acceptors (Lipinski definition) is 3. The zero-order valence-corrected chi connectivity index (χ0v) is 13.5. The summed E-state index contributed by atoms with van der Waals surface area (Å²) in [5.41, 5.74) is -0.567. The molecule has 1 N–H and O–H groups in total. The lowest BCUT2D eigenvalue weighted by Gasteiger charge is -2.27. The van der Waals surface area contributed by atoms with Gasteiger partial charge in [0.15, 0.2) is 0 Å². The maximum absolute atomic E-state index is 9.79. The van der Waals surface area contributed by atoms with Crippen molar-refractivity contribution in [2.24, 2.45) is 0 Å². The highest BCUT2D eigenvalue weighted by molar-refractivity contribution is 7.80. The Balaban J connectivity index is 3.40. The molecule has 0 aromatic carbocycles. The Morgan fingerprint density at radius 1 is 0.944 bits per heavy atom. The summed E-state index contributed by atoms with van der Waals surface area (Å²) < 4.78 is 0. The van der Waals surface area contributed by atoms with Gasteiger partial charge < -0.3 is 10.0 Å². The van der Waals surface area contributed by atoms with Gasteiger partial charge in [-0.2, -0.15) is 12.6 Å². The van der Waals surface area contributed by atoms with Crippen molar-refractivity contribution in [2.45, 2.75) is 71.3 Å². The Morgan fingerprint density at radius 2 is 1.44 bits per heavy atom. The highest BCUT2D eigenvalue weighted by Gasteiger charge is 2.16. The first-order chi connectivity index (χ1) is 8.49. The lowest BCUT2D eigenvalue weighted by Crippen LogP contribution is -2.39. The van der Waals surface area contributed by atoms with E-state index in [1.54, 1.807) is 0 Å². The van der Waals surface area contributed by atoms with E-state index in [1.807, 2.05) is 13.8 Å². The predicted molar refractivity (Wildman–Crippen MR) is 84.6 cm³/mol. The second-order valence-corrected chi connectivity index (χ2v) is 6.33. The molecule has 0 aromatic rings. The summed E-state index contributed by atoms with van der Waals surface area (Å²) in [7, 11) is 0. The van der Waals surface area contributed by atoms with E-state index in [2.05, 4.69) is 24.5 Å². The maximum atomic E-state index is 9.79. The molecule has 0 radical (unpaired) electrons. The van der Waals surface area contributed by atoms with Crippen molar-refractivity contribution in [1.29, 1.82) is 0 Å². The molecule has 0 fully saturated rings. The number of unbranched alkanes of at least 4 members (excludes halogenated alkanes) is 6. The molecule has 0 saturated carbocycles. The normalized spacial score (nSPS) is 12.3. The van der Waals surface area contributed by atoms with Crippen LogP contribution in [0.5, 0.6) is 0 Å². The molecule has 18 heavy (non-hydrogen) atoms. The van der Waals surface area contributed by atoms with Gasteiger partial charge in [-0.15, -0.1) is 0 Å². The third-order valence-corrected chi connectivity index (χ3v) is 3.51. The highest BCUT2D eigenvalue weighted by atomic mass is 32.1. The lowest BCUT2D eigenvalue weighted by molar-refractivity contribution is 0.0373. The summed E-state index contributed by atoms with van der Waals surface area (Å²) in [6, 6.07) is 0. The summed E-state index contributed by atoms with van der Waals surface area (Å²) in [4.78, 5) is 2.35. The number of rotatable bonds is 12. The third kappa shape index (κ3) is 12.7. The van der Waals surface area contributed by atoms with Crippen LogP contribution in [0.1, 0.15) is 65.7 Å². The molecule has 0 atom stereocenters. The lowest BCUT2D eigenvalue weighted by atomic mass is 10.1. The van der Waals surface area contributed by atoms with Gasteiger partial charge in [-0.25, -0.2) is 0 Å². The Bertz CT molecular complexity index is 180. The van der Waals surface area contributed by atoms with E-state index in [0.717, 1.165) is 25.4 Å². The number of nitrogens with zero attached hydrogens (tertiary/aromatic N) is 1.